The molecule has 0 atom stereocenters. The first-order chi connectivity index (χ1) is 28.8. The highest BCUT2D eigenvalue weighted by molar-refractivity contribution is 6.14. The van der Waals surface area contributed by atoms with E-state index >= 15 is 0 Å². The SMILES string of the molecule is c1ccc2c(c1)c1ccccc1n2-c1ccc2c(c1)c1ccccc1n2-c1ccc(-n2c3ccccc3c3cc(-n4c5ccccc5c5ccccc54)ccc32)cc1. The molecule has 0 saturated heterocycles. The molecule has 4 heterocycles. The van der Waals surface area contributed by atoms with Crippen LogP contribution in [-0.4, -0.2) is 18.3 Å². The van der Waals surface area contributed by atoms with Crippen LogP contribution in [0.15, 0.2) is 206 Å². The van der Waals surface area contributed by atoms with Gasteiger partial charge < -0.3 is 18.3 Å². The number of para-hydroxylation sites is 6. The van der Waals surface area contributed by atoms with Gasteiger partial charge in [-0.25, -0.2) is 0 Å². The minimum Gasteiger partial charge on any atom is -0.309 e. The number of fused-ring (bicyclic) bond motifs is 12. The summed E-state index contributed by atoms with van der Waals surface area (Å²) in [6.07, 6.45) is 0. The Balaban J connectivity index is 0.958. The zero-order valence-corrected chi connectivity index (χ0v) is 31.4. The lowest BCUT2D eigenvalue weighted by molar-refractivity contribution is 1.14. The Morgan fingerprint density at radius 1 is 0.172 bits per heavy atom. The van der Waals surface area contributed by atoms with Crippen molar-refractivity contribution in [3.63, 3.8) is 0 Å². The first kappa shape index (κ1) is 31.4. The van der Waals surface area contributed by atoms with Gasteiger partial charge in [-0.1, -0.05) is 109 Å². The van der Waals surface area contributed by atoms with E-state index < -0.39 is 0 Å². The molecule has 4 aromatic heterocycles. The third-order valence-electron chi connectivity index (χ3n) is 12.4. The predicted octanol–water partition coefficient (Wildman–Crippen LogP) is 14.1. The van der Waals surface area contributed by atoms with Crippen LogP contribution in [0, 0.1) is 0 Å². The van der Waals surface area contributed by atoms with E-state index in [-0.39, 0.29) is 0 Å². The van der Waals surface area contributed by atoms with E-state index in [1.165, 1.54) is 87.2 Å². The molecule has 9 aromatic carbocycles. The number of benzene rings is 9. The van der Waals surface area contributed by atoms with E-state index in [2.05, 4.69) is 225 Å². The van der Waals surface area contributed by atoms with Crippen LogP contribution in [0.5, 0.6) is 0 Å². The van der Waals surface area contributed by atoms with Gasteiger partial charge in [0.05, 0.1) is 44.1 Å². The minimum absolute atomic E-state index is 1.13. The Hall–Kier alpha value is -7.82. The molecule has 0 amide bonds. The highest BCUT2D eigenvalue weighted by Gasteiger charge is 2.19. The maximum atomic E-state index is 2.41. The van der Waals surface area contributed by atoms with E-state index in [4.69, 9.17) is 0 Å². The second-order valence-electron chi connectivity index (χ2n) is 15.4. The molecule has 0 spiro atoms. The molecule has 0 fully saturated rings. The Morgan fingerprint density at radius 3 is 0.672 bits per heavy atom. The van der Waals surface area contributed by atoms with Crippen LogP contribution in [0.25, 0.3) is 110 Å². The fourth-order valence-corrected chi connectivity index (χ4v) is 9.91. The maximum Gasteiger partial charge on any atom is 0.0542 e. The third-order valence-corrected chi connectivity index (χ3v) is 12.4. The van der Waals surface area contributed by atoms with Crippen molar-refractivity contribution in [2.45, 2.75) is 0 Å². The quantitative estimate of drug-likeness (QED) is 0.171. The van der Waals surface area contributed by atoms with Crippen molar-refractivity contribution < 1.29 is 0 Å². The van der Waals surface area contributed by atoms with Crippen molar-refractivity contribution in [2.75, 3.05) is 0 Å². The molecule has 13 aromatic rings. The van der Waals surface area contributed by atoms with Crippen molar-refractivity contribution >= 4 is 87.2 Å². The number of hydrogen-bond acceptors (Lipinski definition) is 0. The summed E-state index contributed by atoms with van der Waals surface area (Å²) in [7, 11) is 0. The molecule has 4 nitrogen and oxygen atoms in total. The van der Waals surface area contributed by atoms with Crippen molar-refractivity contribution in [1.82, 2.24) is 18.3 Å². The summed E-state index contributed by atoms with van der Waals surface area (Å²) >= 11 is 0. The van der Waals surface area contributed by atoms with Crippen LogP contribution < -0.4 is 0 Å². The Bertz CT molecular complexity index is 3440. The minimum atomic E-state index is 1.13. The van der Waals surface area contributed by atoms with E-state index in [0.29, 0.717) is 0 Å². The number of hydrogen-bond donors (Lipinski definition) is 0. The zero-order chi connectivity index (χ0) is 37.9. The fraction of sp³-hybridized carbons (Fsp3) is 0. The second kappa shape index (κ2) is 11.8. The van der Waals surface area contributed by atoms with E-state index in [1.54, 1.807) is 0 Å². The normalized spacial score (nSPS) is 12.1. The van der Waals surface area contributed by atoms with Gasteiger partial charge in [-0.3, -0.25) is 0 Å². The van der Waals surface area contributed by atoms with E-state index in [1.807, 2.05) is 0 Å². The summed E-state index contributed by atoms with van der Waals surface area (Å²) in [5.41, 5.74) is 14.2. The lowest BCUT2D eigenvalue weighted by Gasteiger charge is -2.13. The van der Waals surface area contributed by atoms with Crippen LogP contribution in [-0.2, 0) is 0 Å². The summed E-state index contributed by atoms with van der Waals surface area (Å²) < 4.78 is 9.63. The fourth-order valence-electron chi connectivity index (χ4n) is 9.91. The summed E-state index contributed by atoms with van der Waals surface area (Å²) in [5, 5.41) is 10.0. The van der Waals surface area contributed by atoms with Crippen LogP contribution in [0.3, 0.4) is 0 Å². The van der Waals surface area contributed by atoms with E-state index in [9.17, 15) is 0 Å². The molecular weight excluding hydrogens is 705 g/mol. The highest BCUT2D eigenvalue weighted by Crippen LogP contribution is 2.39. The van der Waals surface area contributed by atoms with E-state index in [0.717, 1.165) is 22.7 Å². The van der Waals surface area contributed by atoms with Gasteiger partial charge in [0.1, 0.15) is 0 Å². The Kier molecular flexibility index (Phi) is 6.41. The lowest BCUT2D eigenvalue weighted by atomic mass is 10.1. The van der Waals surface area contributed by atoms with Gasteiger partial charge in [0.2, 0.25) is 0 Å². The van der Waals surface area contributed by atoms with Gasteiger partial charge in [-0.2, -0.15) is 0 Å². The summed E-state index contributed by atoms with van der Waals surface area (Å²) in [6.45, 7) is 0. The van der Waals surface area contributed by atoms with Crippen molar-refractivity contribution in [2.24, 2.45) is 0 Å². The Morgan fingerprint density at radius 2 is 0.379 bits per heavy atom. The third kappa shape index (κ3) is 4.29. The molecule has 0 aliphatic heterocycles. The van der Waals surface area contributed by atoms with Crippen LogP contribution in [0.1, 0.15) is 0 Å². The zero-order valence-electron chi connectivity index (χ0n) is 31.4. The molecule has 0 saturated carbocycles. The molecule has 13 rings (SSSR count). The molecule has 0 unspecified atom stereocenters. The lowest BCUT2D eigenvalue weighted by Crippen LogP contribution is -1.98. The van der Waals surface area contributed by atoms with Crippen molar-refractivity contribution in [3.05, 3.63) is 206 Å². The highest BCUT2D eigenvalue weighted by atomic mass is 15.0. The van der Waals surface area contributed by atoms with Gasteiger partial charge in [0, 0.05) is 65.8 Å². The van der Waals surface area contributed by atoms with Gasteiger partial charge in [0.15, 0.2) is 0 Å². The first-order valence-electron chi connectivity index (χ1n) is 19.9. The van der Waals surface area contributed by atoms with Crippen LogP contribution >= 0.6 is 0 Å². The summed E-state index contributed by atoms with van der Waals surface area (Å²) in [4.78, 5) is 0. The molecule has 0 radical (unpaired) electrons. The molecule has 0 aliphatic rings. The van der Waals surface area contributed by atoms with Crippen molar-refractivity contribution in [1.29, 1.82) is 0 Å². The van der Waals surface area contributed by atoms with Gasteiger partial charge in [-0.05, 0) is 97.1 Å². The van der Waals surface area contributed by atoms with Gasteiger partial charge in [0.25, 0.3) is 0 Å². The molecule has 4 heteroatoms. The second-order valence-corrected chi connectivity index (χ2v) is 15.4. The number of rotatable bonds is 4. The Labute approximate surface area is 333 Å². The topological polar surface area (TPSA) is 19.7 Å². The number of aromatic nitrogens is 4. The monoisotopic (exact) mass is 738 g/mol. The summed E-state index contributed by atoms with van der Waals surface area (Å²) in [5.74, 6) is 0. The summed E-state index contributed by atoms with van der Waals surface area (Å²) in [6, 6.07) is 75.4. The predicted molar refractivity (Wildman–Crippen MR) is 244 cm³/mol. The van der Waals surface area contributed by atoms with Gasteiger partial charge >= 0.3 is 0 Å². The smallest absolute Gasteiger partial charge is 0.0542 e. The van der Waals surface area contributed by atoms with Crippen molar-refractivity contribution in [3.8, 4) is 22.7 Å². The maximum absolute atomic E-state index is 2.41. The molecular formula is C54H34N4. The standard InChI is InChI=1S/C54H34N4/c1-7-19-47-39(13-1)40-14-2-8-20-48(40)57(47)37-29-31-53-45(33-37)43-17-5-11-23-51(43)55(53)35-25-27-36(28-26-35)56-52-24-12-6-18-44(52)46-34-38(30-32-54(46)56)58-49-21-9-3-15-41(49)42-16-4-10-22-50(42)58/h1-34H. The number of nitrogens with zero attached hydrogens (tertiary/aromatic N) is 4. The van der Waals surface area contributed by atoms with Gasteiger partial charge in [-0.15, -0.1) is 0 Å². The molecule has 0 bridgehead atoms. The van der Waals surface area contributed by atoms with Crippen LogP contribution in [0.4, 0.5) is 0 Å². The largest absolute Gasteiger partial charge is 0.309 e. The molecule has 0 N–H and O–H groups in total. The molecule has 270 valence electrons. The average molecular weight is 739 g/mol. The molecule has 0 aliphatic carbocycles. The average Bonchev–Trinajstić information content (AvgIpc) is 4.01. The molecule has 58 heavy (non-hydrogen) atoms. The first-order valence-corrected chi connectivity index (χ1v) is 19.9. The van der Waals surface area contributed by atoms with Crippen LogP contribution in [0.2, 0.25) is 0 Å².